The summed E-state index contributed by atoms with van der Waals surface area (Å²) in [7, 11) is 0. The Balaban J connectivity index is 1.32. The molecule has 14 aromatic carbocycles. The minimum atomic E-state index is 1.21. The van der Waals surface area contributed by atoms with Crippen molar-refractivity contribution in [3.05, 3.63) is 218 Å². The summed E-state index contributed by atoms with van der Waals surface area (Å²) in [6, 6.07) is 82.1. The molecule has 284 valence electrons. The molecule has 0 aliphatic carbocycles. The molecule has 14 rings (SSSR count). The third kappa shape index (κ3) is 4.61. The maximum Gasteiger partial charge on any atom is -0.000696 e. The summed E-state index contributed by atoms with van der Waals surface area (Å²) in [5, 5.41) is 23.2. The third-order valence-electron chi connectivity index (χ3n) is 13.9. The second-order valence-electron chi connectivity index (χ2n) is 17.1. The van der Waals surface area contributed by atoms with Crippen LogP contribution in [0.3, 0.4) is 0 Å². The van der Waals surface area contributed by atoms with Crippen LogP contribution in [0.25, 0.3) is 141 Å². The monoisotopic (exact) mass is 780 g/mol. The van der Waals surface area contributed by atoms with Crippen LogP contribution in [0.5, 0.6) is 0 Å². The maximum absolute atomic E-state index is 2.57. The van der Waals surface area contributed by atoms with Crippen LogP contribution in [0, 0.1) is 0 Å². The quantitative estimate of drug-likeness (QED) is 0.156. The molecule has 0 radical (unpaired) electrons. The first kappa shape index (κ1) is 33.7. The van der Waals surface area contributed by atoms with E-state index in [4.69, 9.17) is 0 Å². The number of fused-ring (bicyclic) bond motifs is 10. The Morgan fingerprint density at radius 1 is 0.177 bits per heavy atom. The van der Waals surface area contributed by atoms with E-state index >= 15 is 0 Å². The van der Waals surface area contributed by atoms with Gasteiger partial charge >= 0.3 is 0 Å². The normalized spacial score (nSPS) is 12.2. The summed E-state index contributed by atoms with van der Waals surface area (Å²) < 4.78 is 0. The van der Waals surface area contributed by atoms with Crippen LogP contribution in [-0.4, -0.2) is 0 Å². The van der Waals surface area contributed by atoms with Gasteiger partial charge in [0.1, 0.15) is 0 Å². The summed E-state index contributed by atoms with van der Waals surface area (Å²) in [5.41, 5.74) is 10.0. The summed E-state index contributed by atoms with van der Waals surface area (Å²) in [6.45, 7) is 0. The zero-order valence-corrected chi connectivity index (χ0v) is 33.8. The highest BCUT2D eigenvalue weighted by molar-refractivity contribution is 6.45. The third-order valence-corrected chi connectivity index (χ3v) is 13.9. The molecule has 0 amide bonds. The van der Waals surface area contributed by atoms with Crippen LogP contribution in [0.15, 0.2) is 218 Å². The fraction of sp³-hybridized carbons (Fsp3) is 0. The van der Waals surface area contributed by atoms with Crippen molar-refractivity contribution in [1.29, 1.82) is 0 Å². The Morgan fingerprint density at radius 3 is 1.13 bits per heavy atom. The van der Waals surface area contributed by atoms with Gasteiger partial charge in [-0.2, -0.15) is 0 Å². The fourth-order valence-electron chi connectivity index (χ4n) is 11.3. The smallest absolute Gasteiger partial charge is 0.000696 e. The average Bonchev–Trinajstić information content (AvgIpc) is 3.85. The molecule has 0 aliphatic heterocycles. The molecule has 0 saturated heterocycles. The largest absolute Gasteiger partial charge is 0.0622 e. The van der Waals surface area contributed by atoms with Crippen molar-refractivity contribution in [2.45, 2.75) is 0 Å². The van der Waals surface area contributed by atoms with E-state index in [1.165, 1.54) is 141 Å². The predicted octanol–water partition coefficient (Wildman–Crippen LogP) is 17.6. The van der Waals surface area contributed by atoms with Gasteiger partial charge in [0.2, 0.25) is 0 Å². The molecule has 0 aromatic heterocycles. The van der Waals surface area contributed by atoms with Gasteiger partial charge in [0, 0.05) is 0 Å². The second kappa shape index (κ2) is 12.7. The van der Waals surface area contributed by atoms with Gasteiger partial charge in [-0.1, -0.05) is 188 Å². The lowest BCUT2D eigenvalue weighted by Gasteiger charge is -2.23. The highest BCUT2D eigenvalue weighted by atomic mass is 14.3. The van der Waals surface area contributed by atoms with Crippen LogP contribution in [0.1, 0.15) is 0 Å². The van der Waals surface area contributed by atoms with Crippen molar-refractivity contribution in [3.8, 4) is 44.5 Å². The minimum Gasteiger partial charge on any atom is -0.0622 e. The molecule has 14 aromatic rings. The lowest BCUT2D eigenvalue weighted by Crippen LogP contribution is -1.95. The molecule has 0 unspecified atom stereocenters. The Labute approximate surface area is 358 Å². The number of hydrogen-bond donors (Lipinski definition) is 0. The highest BCUT2D eigenvalue weighted by Crippen LogP contribution is 2.57. The number of rotatable bonds is 4. The topological polar surface area (TPSA) is 0 Å². The van der Waals surface area contributed by atoms with Crippen LogP contribution in [0.4, 0.5) is 0 Å². The molecular formula is C62H36. The van der Waals surface area contributed by atoms with Gasteiger partial charge in [-0.15, -0.1) is 0 Å². The van der Waals surface area contributed by atoms with Crippen LogP contribution >= 0.6 is 0 Å². The summed E-state index contributed by atoms with van der Waals surface area (Å²) >= 11 is 0. The van der Waals surface area contributed by atoms with E-state index in [-0.39, 0.29) is 0 Å². The summed E-state index contributed by atoms with van der Waals surface area (Å²) in [4.78, 5) is 0. The SMILES string of the molecule is c1ccc(-c2cc3ccccc3cc2-c2c3cc4c5ccccc5c5cccc(c3c(-c3cc6ccccc6cc3-c3ccccc3)c3c6cccc7cccc(c23)c76)c54)cc1. The van der Waals surface area contributed by atoms with Crippen molar-refractivity contribution in [2.75, 3.05) is 0 Å². The molecule has 0 N–H and O–H groups in total. The van der Waals surface area contributed by atoms with Gasteiger partial charge in [-0.3, -0.25) is 0 Å². The molecule has 0 bridgehead atoms. The van der Waals surface area contributed by atoms with E-state index in [9.17, 15) is 0 Å². The fourth-order valence-corrected chi connectivity index (χ4v) is 11.3. The van der Waals surface area contributed by atoms with E-state index in [1.54, 1.807) is 0 Å². The minimum absolute atomic E-state index is 1.21. The van der Waals surface area contributed by atoms with E-state index in [2.05, 4.69) is 218 Å². The van der Waals surface area contributed by atoms with Gasteiger partial charge in [-0.05, 0) is 172 Å². The Kier molecular flexibility index (Phi) is 6.92. The second-order valence-corrected chi connectivity index (χ2v) is 17.1. The van der Waals surface area contributed by atoms with E-state index in [1.807, 2.05) is 0 Å². The molecule has 0 nitrogen and oxygen atoms in total. The van der Waals surface area contributed by atoms with Crippen molar-refractivity contribution in [1.82, 2.24) is 0 Å². The molecule has 0 fully saturated rings. The Hall–Kier alpha value is -8.06. The molecule has 0 heteroatoms. The van der Waals surface area contributed by atoms with Gasteiger partial charge in [0.15, 0.2) is 0 Å². The molecule has 0 aliphatic rings. The first-order valence-corrected chi connectivity index (χ1v) is 21.7. The number of hydrogen-bond acceptors (Lipinski definition) is 0. The van der Waals surface area contributed by atoms with Gasteiger partial charge in [0.25, 0.3) is 0 Å². The zero-order chi connectivity index (χ0) is 40.5. The van der Waals surface area contributed by atoms with Gasteiger partial charge < -0.3 is 0 Å². The standard InChI is InChI=1S/C62H36/c1-3-16-37(17-4-1)50-32-40-20-7-9-22-42(40)34-52(50)59-55-36-54-45-27-12-11-26-44(45)46-28-15-31-49(57(46)54)58(55)62(61-48-30-14-25-39-24-13-29-47(56(39)48)60(59)61)53-35-43-23-10-8-21-41(43)33-51(53)38-18-5-2-6-19-38/h1-36H. The van der Waals surface area contributed by atoms with Crippen LogP contribution in [0.2, 0.25) is 0 Å². The van der Waals surface area contributed by atoms with Crippen molar-refractivity contribution >= 4 is 97.0 Å². The molecule has 0 atom stereocenters. The first-order chi connectivity index (χ1) is 30.8. The van der Waals surface area contributed by atoms with Crippen molar-refractivity contribution in [3.63, 3.8) is 0 Å². The lowest BCUT2D eigenvalue weighted by molar-refractivity contribution is 1.63. The van der Waals surface area contributed by atoms with E-state index in [0.29, 0.717) is 0 Å². The lowest BCUT2D eigenvalue weighted by atomic mass is 9.80. The molecular weight excluding hydrogens is 745 g/mol. The van der Waals surface area contributed by atoms with Gasteiger partial charge in [0.05, 0.1) is 0 Å². The molecule has 62 heavy (non-hydrogen) atoms. The average molecular weight is 781 g/mol. The van der Waals surface area contributed by atoms with E-state index in [0.717, 1.165) is 0 Å². The highest BCUT2D eigenvalue weighted by Gasteiger charge is 2.29. The molecule has 0 spiro atoms. The summed E-state index contributed by atoms with van der Waals surface area (Å²) in [6.07, 6.45) is 0. The Bertz CT molecular complexity index is 4110. The zero-order valence-electron chi connectivity index (χ0n) is 33.8. The maximum atomic E-state index is 2.57. The number of benzene rings is 12. The summed E-state index contributed by atoms with van der Waals surface area (Å²) in [5.74, 6) is 0. The van der Waals surface area contributed by atoms with Crippen LogP contribution in [-0.2, 0) is 0 Å². The Morgan fingerprint density at radius 2 is 0.565 bits per heavy atom. The molecule has 0 heterocycles. The van der Waals surface area contributed by atoms with Gasteiger partial charge in [-0.25, -0.2) is 0 Å². The van der Waals surface area contributed by atoms with E-state index < -0.39 is 0 Å². The van der Waals surface area contributed by atoms with Crippen molar-refractivity contribution < 1.29 is 0 Å². The predicted molar refractivity (Wildman–Crippen MR) is 268 cm³/mol. The molecule has 0 saturated carbocycles. The van der Waals surface area contributed by atoms with Crippen LogP contribution < -0.4 is 0 Å². The van der Waals surface area contributed by atoms with Crippen molar-refractivity contribution in [2.24, 2.45) is 0 Å². The first-order valence-electron chi connectivity index (χ1n) is 21.7.